The normalized spacial score (nSPS) is 22.9. The van der Waals surface area contributed by atoms with Gasteiger partial charge in [-0.15, -0.1) is 0 Å². The van der Waals surface area contributed by atoms with Crippen LogP contribution in [-0.2, 0) is 0 Å². The quantitative estimate of drug-likeness (QED) is 0.503. The van der Waals surface area contributed by atoms with E-state index < -0.39 is 0 Å². The first-order valence-corrected chi connectivity index (χ1v) is 9.05. The van der Waals surface area contributed by atoms with Gasteiger partial charge in [0, 0.05) is 4.47 Å². The van der Waals surface area contributed by atoms with Gasteiger partial charge in [0.15, 0.2) is 0 Å². The molecule has 1 aliphatic carbocycles. The van der Waals surface area contributed by atoms with E-state index in [1.54, 1.807) is 0 Å². The van der Waals surface area contributed by atoms with Crippen molar-refractivity contribution in [2.24, 2.45) is 5.92 Å². The number of ether oxygens (including phenoxy) is 1. The summed E-state index contributed by atoms with van der Waals surface area (Å²) in [5.41, 5.74) is 0. The number of halogens is 2. The second-order valence-corrected chi connectivity index (χ2v) is 7.74. The summed E-state index contributed by atoms with van der Waals surface area (Å²) < 4.78 is 8.60. The third-order valence-electron chi connectivity index (χ3n) is 4.14. The van der Waals surface area contributed by atoms with Crippen LogP contribution in [-0.4, -0.2) is 6.10 Å². The summed E-state index contributed by atoms with van der Waals surface area (Å²) in [5, 5.41) is 2.53. The summed E-state index contributed by atoms with van der Waals surface area (Å²) >= 11 is 5.94. The van der Waals surface area contributed by atoms with Crippen molar-refractivity contribution in [3.05, 3.63) is 38.4 Å². The van der Waals surface area contributed by atoms with Crippen LogP contribution in [0.1, 0.15) is 32.6 Å². The van der Waals surface area contributed by atoms with Gasteiger partial charge in [-0.05, 0) is 83.2 Å². The Morgan fingerprint density at radius 2 is 1.85 bits per heavy atom. The van der Waals surface area contributed by atoms with E-state index in [9.17, 15) is 0 Å². The lowest BCUT2D eigenvalue weighted by atomic mass is 9.89. The Kier molecular flexibility index (Phi) is 4.55. The summed E-state index contributed by atoms with van der Waals surface area (Å²) in [7, 11) is 0. The van der Waals surface area contributed by atoms with Gasteiger partial charge < -0.3 is 4.74 Å². The van der Waals surface area contributed by atoms with Crippen LogP contribution in [0.5, 0.6) is 5.75 Å². The summed E-state index contributed by atoms with van der Waals surface area (Å²) in [6, 6.07) is 10.7. The molecule has 1 fully saturated rings. The maximum Gasteiger partial charge on any atom is 0.133 e. The smallest absolute Gasteiger partial charge is 0.133 e. The first kappa shape index (κ1) is 14.6. The topological polar surface area (TPSA) is 9.23 Å². The fourth-order valence-corrected chi connectivity index (χ4v) is 4.04. The molecule has 3 heteroatoms. The fraction of sp³-hybridized carbons (Fsp3) is 0.412. The van der Waals surface area contributed by atoms with Crippen LogP contribution in [0.4, 0.5) is 0 Å². The molecule has 1 aliphatic rings. The average molecular weight is 445 g/mol. The molecule has 0 bridgehead atoms. The Morgan fingerprint density at radius 1 is 1.10 bits per heavy atom. The Morgan fingerprint density at radius 3 is 2.60 bits per heavy atom. The summed E-state index contributed by atoms with van der Waals surface area (Å²) in [4.78, 5) is 0. The summed E-state index contributed by atoms with van der Waals surface area (Å²) in [6.45, 7) is 2.34. The highest BCUT2D eigenvalue weighted by atomic mass is 127. The minimum atomic E-state index is 0.396. The van der Waals surface area contributed by atoms with Crippen molar-refractivity contribution in [2.75, 3.05) is 0 Å². The molecule has 0 amide bonds. The molecule has 1 nitrogen and oxygen atoms in total. The summed E-state index contributed by atoms with van der Waals surface area (Å²) in [6.07, 6.45) is 5.36. The van der Waals surface area contributed by atoms with Gasteiger partial charge in [0.25, 0.3) is 0 Å². The van der Waals surface area contributed by atoms with E-state index in [1.165, 1.54) is 40.0 Å². The second kappa shape index (κ2) is 6.22. The van der Waals surface area contributed by atoms with Crippen molar-refractivity contribution >= 4 is 49.3 Å². The van der Waals surface area contributed by atoms with Crippen LogP contribution in [0.15, 0.2) is 34.8 Å². The molecule has 0 aromatic heterocycles. The maximum absolute atomic E-state index is 6.25. The fourth-order valence-electron chi connectivity index (χ4n) is 2.86. The molecule has 2 aromatic carbocycles. The highest BCUT2D eigenvalue weighted by Crippen LogP contribution is 2.34. The molecular weight excluding hydrogens is 427 g/mol. The number of rotatable bonds is 2. The van der Waals surface area contributed by atoms with Gasteiger partial charge in [-0.25, -0.2) is 0 Å². The molecule has 0 atom stereocenters. The number of hydrogen-bond donors (Lipinski definition) is 0. The Labute approximate surface area is 142 Å². The highest BCUT2D eigenvalue weighted by Gasteiger charge is 2.20. The highest BCUT2D eigenvalue weighted by molar-refractivity contribution is 14.1. The zero-order chi connectivity index (χ0) is 14.1. The van der Waals surface area contributed by atoms with Crippen LogP contribution < -0.4 is 4.74 Å². The molecule has 0 radical (unpaired) electrons. The molecule has 0 unspecified atom stereocenters. The average Bonchev–Trinajstić information content (AvgIpc) is 2.44. The largest absolute Gasteiger partial charge is 0.489 e. The molecule has 0 N–H and O–H groups in total. The van der Waals surface area contributed by atoms with Crippen LogP contribution in [0.3, 0.4) is 0 Å². The third kappa shape index (κ3) is 3.14. The van der Waals surface area contributed by atoms with Crippen LogP contribution in [0.2, 0.25) is 0 Å². The van der Waals surface area contributed by atoms with Crippen molar-refractivity contribution in [1.82, 2.24) is 0 Å². The van der Waals surface area contributed by atoms with E-state index >= 15 is 0 Å². The Hall–Kier alpha value is -0.290. The van der Waals surface area contributed by atoms with Gasteiger partial charge >= 0.3 is 0 Å². The Balaban J connectivity index is 1.85. The van der Waals surface area contributed by atoms with Crippen LogP contribution >= 0.6 is 38.5 Å². The van der Waals surface area contributed by atoms with Gasteiger partial charge in [0.1, 0.15) is 5.75 Å². The van der Waals surface area contributed by atoms with E-state index in [1.807, 2.05) is 0 Å². The lowest BCUT2D eigenvalue weighted by molar-refractivity contribution is 0.135. The standard InChI is InChI=1S/C17H18BrIO/c1-11-2-6-14(7-3-11)20-16-9-4-12-10-13(18)5-8-15(12)17(16)19/h4-5,8-11,14H,2-3,6-7H2,1H3/t11-,14+. The van der Waals surface area contributed by atoms with E-state index in [0.29, 0.717) is 6.10 Å². The van der Waals surface area contributed by atoms with Crippen molar-refractivity contribution in [1.29, 1.82) is 0 Å². The van der Waals surface area contributed by atoms with Gasteiger partial charge in [-0.2, -0.15) is 0 Å². The first-order chi connectivity index (χ1) is 9.63. The van der Waals surface area contributed by atoms with Crippen molar-refractivity contribution in [2.45, 2.75) is 38.7 Å². The molecule has 2 aromatic rings. The van der Waals surface area contributed by atoms with Gasteiger partial charge in [0.2, 0.25) is 0 Å². The lowest BCUT2D eigenvalue weighted by Gasteiger charge is -2.27. The number of benzene rings is 2. The van der Waals surface area contributed by atoms with E-state index in [2.05, 4.69) is 75.8 Å². The van der Waals surface area contributed by atoms with E-state index in [4.69, 9.17) is 4.74 Å². The molecular formula is C17H18BrIO. The van der Waals surface area contributed by atoms with Crippen LogP contribution in [0.25, 0.3) is 10.8 Å². The zero-order valence-electron chi connectivity index (χ0n) is 11.5. The second-order valence-electron chi connectivity index (χ2n) is 5.74. The molecule has 106 valence electrons. The first-order valence-electron chi connectivity index (χ1n) is 7.18. The number of hydrogen-bond acceptors (Lipinski definition) is 1. The molecule has 0 spiro atoms. The van der Waals surface area contributed by atoms with Crippen molar-refractivity contribution in [3.8, 4) is 5.75 Å². The van der Waals surface area contributed by atoms with Crippen molar-refractivity contribution < 1.29 is 4.74 Å². The number of fused-ring (bicyclic) bond motifs is 1. The van der Waals surface area contributed by atoms with Gasteiger partial charge in [0.05, 0.1) is 9.67 Å². The van der Waals surface area contributed by atoms with E-state index in [0.717, 1.165) is 16.1 Å². The summed E-state index contributed by atoms with van der Waals surface area (Å²) in [5.74, 6) is 1.91. The van der Waals surface area contributed by atoms with Crippen molar-refractivity contribution in [3.63, 3.8) is 0 Å². The maximum atomic E-state index is 6.25. The molecule has 0 saturated heterocycles. The minimum absolute atomic E-state index is 0.396. The minimum Gasteiger partial charge on any atom is -0.489 e. The van der Waals surface area contributed by atoms with Gasteiger partial charge in [-0.1, -0.05) is 35.0 Å². The Bertz CT molecular complexity index is 618. The van der Waals surface area contributed by atoms with E-state index in [-0.39, 0.29) is 0 Å². The predicted octanol–water partition coefficient (Wildman–Crippen LogP) is 6.16. The van der Waals surface area contributed by atoms with Crippen LogP contribution in [0, 0.1) is 9.49 Å². The predicted molar refractivity (Wildman–Crippen MR) is 96.4 cm³/mol. The molecule has 1 saturated carbocycles. The molecule has 0 heterocycles. The SMILES string of the molecule is C[C@H]1CC[C@@H](Oc2ccc3cc(Br)ccc3c2I)CC1. The molecule has 3 rings (SSSR count). The zero-order valence-corrected chi connectivity index (χ0v) is 15.3. The van der Waals surface area contributed by atoms with Gasteiger partial charge in [-0.3, -0.25) is 0 Å². The lowest BCUT2D eigenvalue weighted by Crippen LogP contribution is -2.23. The molecule has 20 heavy (non-hydrogen) atoms. The molecule has 0 aliphatic heterocycles. The monoisotopic (exact) mass is 444 g/mol. The third-order valence-corrected chi connectivity index (χ3v) is 5.74.